The normalized spacial score (nSPS) is 19.0. The number of carbonyl (C=O) groups excluding carboxylic acids is 1. The molecule has 3 N–H and O–H groups in total. The average Bonchev–Trinajstić information content (AvgIpc) is 3.17. The Morgan fingerprint density at radius 2 is 1.76 bits per heavy atom. The monoisotopic (exact) mass is 392 g/mol. The number of fused-ring (bicyclic) bond motifs is 1. The molecule has 7 nitrogen and oxygen atoms in total. The third-order valence-corrected chi connectivity index (χ3v) is 5.53. The van der Waals surface area contributed by atoms with Gasteiger partial charge in [-0.15, -0.1) is 0 Å². The molecule has 1 fully saturated rings. The highest BCUT2D eigenvalue weighted by atomic mass is 16.4. The zero-order valence-corrected chi connectivity index (χ0v) is 16.0. The van der Waals surface area contributed by atoms with Crippen molar-refractivity contribution in [2.75, 3.05) is 0 Å². The number of carboxylic acid groups (broad SMARTS) is 1. The summed E-state index contributed by atoms with van der Waals surface area (Å²) < 4.78 is 2.03. The number of carbonyl (C=O) groups is 2. The molecular weight excluding hydrogens is 368 g/mol. The number of para-hydroxylation sites is 2. The van der Waals surface area contributed by atoms with Crippen molar-refractivity contribution in [1.82, 2.24) is 20.2 Å². The predicted molar refractivity (Wildman–Crippen MR) is 110 cm³/mol. The number of benzene rings is 2. The lowest BCUT2D eigenvalue weighted by atomic mass is 9.86. The third-order valence-electron chi connectivity index (χ3n) is 5.53. The van der Waals surface area contributed by atoms with Gasteiger partial charge >= 0.3 is 12.0 Å². The van der Waals surface area contributed by atoms with E-state index in [0.717, 1.165) is 22.3 Å². The Morgan fingerprint density at radius 3 is 2.48 bits per heavy atom. The second-order valence-electron chi connectivity index (χ2n) is 7.48. The van der Waals surface area contributed by atoms with Gasteiger partial charge in [0.25, 0.3) is 0 Å². The number of nitrogens with zero attached hydrogens (tertiary/aromatic N) is 2. The van der Waals surface area contributed by atoms with Gasteiger partial charge in [0, 0.05) is 18.3 Å². The van der Waals surface area contributed by atoms with Gasteiger partial charge in [-0.05, 0) is 55.5 Å². The van der Waals surface area contributed by atoms with Crippen LogP contribution in [0, 0.1) is 5.92 Å². The SMILES string of the molecule is O=C(NCc1ccc(-n2cnc3ccccc32)cc1)NC1CCC(C(=O)O)CC1. The Balaban J connectivity index is 1.29. The second kappa shape index (κ2) is 8.34. The number of hydrogen-bond donors (Lipinski definition) is 3. The Morgan fingerprint density at radius 1 is 1.03 bits per heavy atom. The van der Waals surface area contributed by atoms with E-state index in [1.165, 1.54) is 0 Å². The lowest BCUT2D eigenvalue weighted by Crippen LogP contribution is -2.43. The Kier molecular flexibility index (Phi) is 5.46. The molecule has 0 aliphatic heterocycles. The number of amides is 2. The first kappa shape index (κ1) is 19.0. The largest absolute Gasteiger partial charge is 0.481 e. The van der Waals surface area contributed by atoms with Crippen molar-refractivity contribution in [3.63, 3.8) is 0 Å². The van der Waals surface area contributed by atoms with Crippen LogP contribution in [0.1, 0.15) is 31.2 Å². The summed E-state index contributed by atoms with van der Waals surface area (Å²) in [4.78, 5) is 27.6. The topological polar surface area (TPSA) is 96.3 Å². The number of aromatic nitrogens is 2. The molecule has 0 spiro atoms. The van der Waals surface area contributed by atoms with Gasteiger partial charge < -0.3 is 15.7 Å². The van der Waals surface area contributed by atoms with Gasteiger partial charge in [-0.25, -0.2) is 9.78 Å². The summed E-state index contributed by atoms with van der Waals surface area (Å²) in [5, 5.41) is 14.9. The maximum Gasteiger partial charge on any atom is 0.315 e. The standard InChI is InChI=1S/C22H24N4O3/c27-21(28)16-7-9-17(10-8-16)25-22(29)23-13-15-5-11-18(12-6-15)26-14-24-19-3-1-2-4-20(19)26/h1-6,11-12,14,16-17H,7-10,13H2,(H,27,28)(H2,23,25,29). The summed E-state index contributed by atoms with van der Waals surface area (Å²) in [5.41, 5.74) is 4.02. The molecule has 0 bridgehead atoms. The zero-order valence-electron chi connectivity index (χ0n) is 16.0. The van der Waals surface area contributed by atoms with Gasteiger partial charge in [-0.2, -0.15) is 0 Å². The molecule has 1 saturated carbocycles. The maximum atomic E-state index is 12.1. The van der Waals surface area contributed by atoms with Gasteiger partial charge in [-0.3, -0.25) is 9.36 Å². The smallest absolute Gasteiger partial charge is 0.315 e. The molecule has 3 aromatic rings. The number of rotatable bonds is 5. The number of hydrogen-bond acceptors (Lipinski definition) is 3. The van der Waals surface area contributed by atoms with Gasteiger partial charge in [0.15, 0.2) is 0 Å². The number of imidazole rings is 1. The minimum atomic E-state index is -0.736. The van der Waals surface area contributed by atoms with Gasteiger partial charge in [0.2, 0.25) is 0 Å². The Hall–Kier alpha value is -3.35. The molecule has 1 aliphatic carbocycles. The highest BCUT2D eigenvalue weighted by molar-refractivity contribution is 5.77. The van der Waals surface area contributed by atoms with Gasteiger partial charge in [0.1, 0.15) is 6.33 Å². The summed E-state index contributed by atoms with van der Waals surface area (Å²) >= 11 is 0. The fourth-order valence-electron chi connectivity index (χ4n) is 3.84. The molecule has 0 unspecified atom stereocenters. The first-order valence-electron chi connectivity index (χ1n) is 9.89. The van der Waals surface area contributed by atoms with Crippen LogP contribution in [0.15, 0.2) is 54.9 Å². The van der Waals surface area contributed by atoms with Crippen molar-refractivity contribution in [2.45, 2.75) is 38.3 Å². The van der Waals surface area contributed by atoms with E-state index in [1.807, 2.05) is 59.4 Å². The molecule has 1 aliphatic rings. The van der Waals surface area contributed by atoms with Crippen LogP contribution < -0.4 is 10.6 Å². The molecule has 0 saturated heterocycles. The van der Waals surface area contributed by atoms with Crippen LogP contribution >= 0.6 is 0 Å². The second-order valence-corrected chi connectivity index (χ2v) is 7.48. The number of nitrogens with one attached hydrogen (secondary N) is 2. The molecule has 29 heavy (non-hydrogen) atoms. The van der Waals surface area contributed by atoms with E-state index in [2.05, 4.69) is 15.6 Å². The summed E-state index contributed by atoms with van der Waals surface area (Å²) in [5.74, 6) is -1.01. The first-order valence-corrected chi connectivity index (χ1v) is 9.89. The molecule has 2 aromatic carbocycles. The van der Waals surface area contributed by atoms with Gasteiger partial charge in [0.05, 0.1) is 17.0 Å². The Labute approximate surface area is 168 Å². The van der Waals surface area contributed by atoms with E-state index in [9.17, 15) is 9.59 Å². The number of urea groups is 1. The lowest BCUT2D eigenvalue weighted by molar-refractivity contribution is -0.142. The molecule has 4 rings (SSSR count). The fraction of sp³-hybridized carbons (Fsp3) is 0.318. The molecular formula is C22H24N4O3. The zero-order chi connectivity index (χ0) is 20.2. The highest BCUT2D eigenvalue weighted by Crippen LogP contribution is 2.24. The minimum absolute atomic E-state index is 0.0440. The highest BCUT2D eigenvalue weighted by Gasteiger charge is 2.26. The molecule has 1 heterocycles. The summed E-state index contributed by atoms with van der Waals surface area (Å²) in [7, 11) is 0. The van der Waals surface area contributed by atoms with E-state index in [0.29, 0.717) is 32.2 Å². The summed E-state index contributed by atoms with van der Waals surface area (Å²) in [6.45, 7) is 0.432. The van der Waals surface area contributed by atoms with E-state index >= 15 is 0 Å². The first-order chi connectivity index (χ1) is 14.1. The molecule has 0 atom stereocenters. The van der Waals surface area contributed by atoms with E-state index < -0.39 is 5.97 Å². The summed E-state index contributed by atoms with van der Waals surface area (Å²) in [6, 6.07) is 15.8. The van der Waals surface area contributed by atoms with E-state index in [4.69, 9.17) is 5.11 Å². The van der Waals surface area contributed by atoms with Crippen LogP contribution in [-0.2, 0) is 11.3 Å². The lowest BCUT2D eigenvalue weighted by Gasteiger charge is -2.26. The molecule has 1 aromatic heterocycles. The van der Waals surface area contributed by atoms with Crippen LogP contribution in [0.25, 0.3) is 16.7 Å². The molecule has 7 heteroatoms. The summed E-state index contributed by atoms with van der Waals surface area (Å²) in [6.07, 6.45) is 4.45. The molecule has 150 valence electrons. The van der Waals surface area contributed by atoms with E-state index in [1.54, 1.807) is 0 Å². The predicted octanol–water partition coefficient (Wildman–Crippen LogP) is 3.47. The van der Waals surface area contributed by atoms with Crippen molar-refractivity contribution in [2.24, 2.45) is 5.92 Å². The maximum absolute atomic E-state index is 12.1. The molecule has 0 radical (unpaired) electrons. The third kappa shape index (κ3) is 4.39. The molecule has 2 amide bonds. The number of aliphatic carboxylic acids is 1. The van der Waals surface area contributed by atoms with Crippen molar-refractivity contribution in [1.29, 1.82) is 0 Å². The van der Waals surface area contributed by atoms with Crippen LogP contribution in [-0.4, -0.2) is 32.7 Å². The minimum Gasteiger partial charge on any atom is -0.481 e. The van der Waals surface area contributed by atoms with Crippen LogP contribution in [0.5, 0.6) is 0 Å². The van der Waals surface area contributed by atoms with Crippen molar-refractivity contribution in [3.05, 3.63) is 60.4 Å². The average molecular weight is 392 g/mol. The van der Waals surface area contributed by atoms with Gasteiger partial charge in [-0.1, -0.05) is 24.3 Å². The van der Waals surface area contributed by atoms with Crippen LogP contribution in [0.2, 0.25) is 0 Å². The Bertz CT molecular complexity index is 1000. The van der Waals surface area contributed by atoms with Crippen LogP contribution in [0.4, 0.5) is 4.79 Å². The number of carboxylic acids is 1. The van der Waals surface area contributed by atoms with E-state index in [-0.39, 0.29) is 18.0 Å². The van der Waals surface area contributed by atoms with Crippen molar-refractivity contribution < 1.29 is 14.7 Å². The van der Waals surface area contributed by atoms with Crippen molar-refractivity contribution in [3.8, 4) is 5.69 Å². The van der Waals surface area contributed by atoms with Crippen LogP contribution in [0.3, 0.4) is 0 Å². The van der Waals surface area contributed by atoms with Crippen molar-refractivity contribution >= 4 is 23.0 Å². The quantitative estimate of drug-likeness (QED) is 0.619. The fourth-order valence-corrected chi connectivity index (χ4v) is 3.84.